The van der Waals surface area contributed by atoms with Crippen molar-refractivity contribution in [1.29, 1.82) is 0 Å². The number of nitrogens with zero attached hydrogens (tertiary/aromatic N) is 2. The van der Waals surface area contributed by atoms with E-state index in [1.807, 2.05) is 23.9 Å². The summed E-state index contributed by atoms with van der Waals surface area (Å²) in [6.45, 7) is 6.71. The smallest absolute Gasteiger partial charge is 0.148 e. The van der Waals surface area contributed by atoms with Gasteiger partial charge in [-0.1, -0.05) is 6.07 Å². The molecule has 0 bridgehead atoms. The molecule has 0 atom stereocenters. The van der Waals surface area contributed by atoms with Crippen molar-refractivity contribution in [2.24, 2.45) is 0 Å². The van der Waals surface area contributed by atoms with Gasteiger partial charge in [0, 0.05) is 24.8 Å². The van der Waals surface area contributed by atoms with Crippen molar-refractivity contribution in [3.63, 3.8) is 0 Å². The van der Waals surface area contributed by atoms with E-state index in [4.69, 9.17) is 0 Å². The first-order valence-electron chi connectivity index (χ1n) is 6.10. The molecule has 0 spiro atoms. The van der Waals surface area contributed by atoms with Crippen LogP contribution >= 0.6 is 0 Å². The van der Waals surface area contributed by atoms with Crippen LogP contribution in [-0.4, -0.2) is 9.78 Å². The van der Waals surface area contributed by atoms with Crippen molar-refractivity contribution in [2.75, 3.05) is 5.32 Å². The van der Waals surface area contributed by atoms with Gasteiger partial charge in [0.15, 0.2) is 0 Å². The predicted octanol–water partition coefficient (Wildman–Crippen LogP) is 3.52. The fourth-order valence-electron chi connectivity index (χ4n) is 1.74. The van der Waals surface area contributed by atoms with E-state index < -0.39 is 0 Å². The highest BCUT2D eigenvalue weighted by Gasteiger charge is 2.03. The number of hydrogen-bond acceptors (Lipinski definition) is 2. The summed E-state index contributed by atoms with van der Waals surface area (Å²) in [5.41, 5.74) is 2.03. The Kier molecular flexibility index (Phi) is 3.65. The quantitative estimate of drug-likeness (QED) is 0.895. The molecule has 2 aromatic rings. The number of aryl methyl sites for hydroxylation is 1. The first kappa shape index (κ1) is 12.6. The topological polar surface area (TPSA) is 29.9 Å². The number of anilines is 1. The highest BCUT2D eigenvalue weighted by Crippen LogP contribution is 2.13. The summed E-state index contributed by atoms with van der Waals surface area (Å²) in [6.07, 6.45) is 1.94. The minimum Gasteiger partial charge on any atom is -0.365 e. The SMILES string of the molecule is Cc1ccc(F)cc1CNc1ccn(C(C)C)n1. The molecule has 0 fully saturated rings. The Balaban J connectivity index is 2.04. The van der Waals surface area contributed by atoms with Crippen molar-refractivity contribution in [3.8, 4) is 0 Å². The van der Waals surface area contributed by atoms with Crippen LogP contribution in [0.1, 0.15) is 31.0 Å². The Bertz CT molecular complexity index is 532. The van der Waals surface area contributed by atoms with E-state index in [2.05, 4.69) is 24.3 Å². The van der Waals surface area contributed by atoms with Gasteiger partial charge in [-0.3, -0.25) is 4.68 Å². The minimum atomic E-state index is -0.204. The largest absolute Gasteiger partial charge is 0.365 e. The van der Waals surface area contributed by atoms with Gasteiger partial charge in [0.25, 0.3) is 0 Å². The fourth-order valence-corrected chi connectivity index (χ4v) is 1.74. The van der Waals surface area contributed by atoms with Gasteiger partial charge in [0.2, 0.25) is 0 Å². The molecule has 0 aliphatic heterocycles. The standard InChI is InChI=1S/C14H18FN3/c1-10(2)18-7-6-14(17-18)16-9-12-8-13(15)5-4-11(12)3/h4-8,10H,9H2,1-3H3,(H,16,17). The van der Waals surface area contributed by atoms with Crippen LogP contribution in [0.25, 0.3) is 0 Å². The molecule has 0 aliphatic carbocycles. The highest BCUT2D eigenvalue weighted by atomic mass is 19.1. The van der Waals surface area contributed by atoms with E-state index in [1.54, 1.807) is 12.1 Å². The third-order valence-electron chi connectivity index (χ3n) is 2.91. The van der Waals surface area contributed by atoms with Crippen molar-refractivity contribution >= 4 is 5.82 Å². The van der Waals surface area contributed by atoms with Gasteiger partial charge in [-0.2, -0.15) is 5.10 Å². The summed E-state index contributed by atoms with van der Waals surface area (Å²) in [7, 11) is 0. The first-order valence-corrected chi connectivity index (χ1v) is 6.10. The maximum atomic E-state index is 13.1. The minimum absolute atomic E-state index is 0.204. The third-order valence-corrected chi connectivity index (χ3v) is 2.91. The molecule has 0 radical (unpaired) electrons. The summed E-state index contributed by atoms with van der Waals surface area (Å²) in [4.78, 5) is 0. The molecule has 0 saturated heterocycles. The van der Waals surface area contributed by atoms with Crippen molar-refractivity contribution < 1.29 is 4.39 Å². The molecule has 1 aromatic heterocycles. The van der Waals surface area contributed by atoms with Crippen LogP contribution in [0, 0.1) is 12.7 Å². The van der Waals surface area contributed by atoms with Gasteiger partial charge < -0.3 is 5.32 Å². The van der Waals surface area contributed by atoms with Crippen LogP contribution in [0.2, 0.25) is 0 Å². The predicted molar refractivity (Wildman–Crippen MR) is 71.1 cm³/mol. The molecular weight excluding hydrogens is 229 g/mol. The van der Waals surface area contributed by atoms with Crippen molar-refractivity contribution in [1.82, 2.24) is 9.78 Å². The summed E-state index contributed by atoms with van der Waals surface area (Å²) in [6, 6.07) is 7.10. The van der Waals surface area contributed by atoms with Crippen LogP contribution in [0.4, 0.5) is 10.2 Å². The van der Waals surface area contributed by atoms with Crippen LogP contribution in [0.3, 0.4) is 0 Å². The molecule has 1 heterocycles. The zero-order valence-electron chi connectivity index (χ0n) is 10.9. The normalized spacial score (nSPS) is 10.9. The Labute approximate surface area is 107 Å². The number of aromatic nitrogens is 2. The third kappa shape index (κ3) is 2.88. The second-order valence-electron chi connectivity index (χ2n) is 4.70. The maximum Gasteiger partial charge on any atom is 0.148 e. The van der Waals surface area contributed by atoms with Gasteiger partial charge in [-0.25, -0.2) is 4.39 Å². The number of rotatable bonds is 4. The van der Waals surface area contributed by atoms with E-state index in [1.165, 1.54) is 6.07 Å². The molecule has 0 aliphatic rings. The molecular formula is C14H18FN3. The van der Waals surface area contributed by atoms with Gasteiger partial charge in [0.1, 0.15) is 11.6 Å². The number of halogens is 1. The second-order valence-corrected chi connectivity index (χ2v) is 4.70. The van der Waals surface area contributed by atoms with Gasteiger partial charge >= 0.3 is 0 Å². The summed E-state index contributed by atoms with van der Waals surface area (Å²) >= 11 is 0. The van der Waals surface area contributed by atoms with Crippen molar-refractivity contribution in [3.05, 3.63) is 47.4 Å². The lowest BCUT2D eigenvalue weighted by Gasteiger charge is -2.07. The summed E-state index contributed by atoms with van der Waals surface area (Å²) in [5.74, 6) is 0.609. The summed E-state index contributed by atoms with van der Waals surface area (Å²) < 4.78 is 15.0. The summed E-state index contributed by atoms with van der Waals surface area (Å²) in [5, 5.41) is 7.59. The van der Waals surface area contributed by atoms with Crippen molar-refractivity contribution in [2.45, 2.75) is 33.4 Å². The molecule has 1 aromatic carbocycles. The average Bonchev–Trinajstić information content (AvgIpc) is 2.79. The Morgan fingerprint density at radius 1 is 1.33 bits per heavy atom. The average molecular weight is 247 g/mol. The lowest BCUT2D eigenvalue weighted by atomic mass is 10.1. The van der Waals surface area contributed by atoms with Crippen LogP contribution in [-0.2, 0) is 6.54 Å². The van der Waals surface area contributed by atoms with E-state index in [9.17, 15) is 4.39 Å². The molecule has 4 heteroatoms. The molecule has 0 saturated carbocycles. The molecule has 3 nitrogen and oxygen atoms in total. The maximum absolute atomic E-state index is 13.1. The van der Waals surface area contributed by atoms with Crippen LogP contribution in [0.15, 0.2) is 30.5 Å². The van der Waals surface area contributed by atoms with E-state index in [-0.39, 0.29) is 5.82 Å². The van der Waals surface area contributed by atoms with Crippen LogP contribution in [0.5, 0.6) is 0 Å². The zero-order valence-corrected chi connectivity index (χ0v) is 10.9. The van der Waals surface area contributed by atoms with Gasteiger partial charge in [-0.05, 0) is 44.0 Å². The lowest BCUT2D eigenvalue weighted by molar-refractivity contribution is 0.534. The molecule has 2 rings (SSSR count). The second kappa shape index (κ2) is 5.21. The molecule has 18 heavy (non-hydrogen) atoms. The number of nitrogens with one attached hydrogen (secondary N) is 1. The van der Waals surface area contributed by atoms with E-state index in [0.29, 0.717) is 12.6 Å². The Hall–Kier alpha value is -1.84. The molecule has 1 N–H and O–H groups in total. The van der Waals surface area contributed by atoms with Gasteiger partial charge in [-0.15, -0.1) is 0 Å². The van der Waals surface area contributed by atoms with Gasteiger partial charge in [0.05, 0.1) is 0 Å². The molecule has 0 unspecified atom stereocenters. The highest BCUT2D eigenvalue weighted by molar-refractivity contribution is 5.36. The van der Waals surface area contributed by atoms with Crippen LogP contribution < -0.4 is 5.32 Å². The van der Waals surface area contributed by atoms with E-state index >= 15 is 0 Å². The molecule has 0 amide bonds. The lowest BCUT2D eigenvalue weighted by Crippen LogP contribution is -2.05. The zero-order chi connectivity index (χ0) is 13.1. The number of benzene rings is 1. The fraction of sp³-hybridized carbons (Fsp3) is 0.357. The van der Waals surface area contributed by atoms with E-state index in [0.717, 1.165) is 16.9 Å². The first-order chi connectivity index (χ1) is 8.56. The Morgan fingerprint density at radius 3 is 2.78 bits per heavy atom. The molecule has 96 valence electrons. The monoisotopic (exact) mass is 247 g/mol. The Morgan fingerprint density at radius 2 is 2.11 bits per heavy atom. The number of hydrogen-bond donors (Lipinski definition) is 1.